The number of furan rings is 1. The molecule has 1 N–H and O–H groups in total. The number of thiazole rings is 1. The minimum atomic E-state index is -0.765. The van der Waals surface area contributed by atoms with Gasteiger partial charge in [-0.1, -0.05) is 53.3 Å². The van der Waals surface area contributed by atoms with Gasteiger partial charge in [-0.15, -0.1) is 0 Å². The lowest BCUT2D eigenvalue weighted by atomic mass is 9.95. The first kappa shape index (κ1) is 28.8. The van der Waals surface area contributed by atoms with Crippen molar-refractivity contribution in [3.05, 3.63) is 142 Å². The molecule has 0 aliphatic carbocycles. The second-order valence-corrected chi connectivity index (χ2v) is 11.2. The van der Waals surface area contributed by atoms with Crippen LogP contribution < -0.4 is 24.9 Å². The van der Waals surface area contributed by atoms with Gasteiger partial charge in [-0.05, 0) is 55.0 Å². The van der Waals surface area contributed by atoms with Crippen molar-refractivity contribution in [2.24, 2.45) is 4.99 Å². The number of para-hydroxylation sites is 1. The molecule has 0 saturated heterocycles. The molecular formula is C32H23ClN4O6S. The average molecular weight is 627 g/mol. The maximum absolute atomic E-state index is 14.0. The molecule has 0 saturated carbocycles. The Bertz CT molecular complexity index is 2130. The third-order valence-electron chi connectivity index (χ3n) is 7.06. The highest BCUT2D eigenvalue weighted by atomic mass is 35.5. The zero-order chi connectivity index (χ0) is 31.0. The van der Waals surface area contributed by atoms with Crippen molar-refractivity contribution < 1.29 is 18.9 Å². The number of allylic oxidation sites excluding steroid dienone is 1. The highest BCUT2D eigenvalue weighted by Gasteiger charge is 2.32. The van der Waals surface area contributed by atoms with Crippen LogP contribution in [0.5, 0.6) is 5.75 Å². The summed E-state index contributed by atoms with van der Waals surface area (Å²) >= 11 is 7.46. The van der Waals surface area contributed by atoms with E-state index in [1.54, 1.807) is 56.5 Å². The number of nitrogens with one attached hydrogen (secondary N) is 1. The number of nitro groups is 1. The van der Waals surface area contributed by atoms with Gasteiger partial charge in [0.25, 0.3) is 17.2 Å². The van der Waals surface area contributed by atoms with Crippen LogP contribution in [0.3, 0.4) is 0 Å². The fraction of sp³-hybridized carbons (Fsp3) is 0.0938. The maximum Gasteiger partial charge on any atom is 0.271 e. The molecule has 3 heterocycles. The van der Waals surface area contributed by atoms with Gasteiger partial charge in [0.05, 0.1) is 38.9 Å². The molecule has 1 atom stereocenters. The lowest BCUT2D eigenvalue weighted by Crippen LogP contribution is -2.40. The monoisotopic (exact) mass is 626 g/mol. The number of ether oxygens (including phenoxy) is 1. The van der Waals surface area contributed by atoms with Gasteiger partial charge in [-0.2, -0.15) is 0 Å². The van der Waals surface area contributed by atoms with Crippen LogP contribution in [-0.4, -0.2) is 22.5 Å². The summed E-state index contributed by atoms with van der Waals surface area (Å²) in [4.78, 5) is 43.5. The third-order valence-corrected chi connectivity index (χ3v) is 8.37. The molecule has 0 radical (unpaired) electrons. The van der Waals surface area contributed by atoms with Crippen LogP contribution in [0.4, 0.5) is 11.4 Å². The van der Waals surface area contributed by atoms with Gasteiger partial charge in [0.1, 0.15) is 17.3 Å². The number of nitrogens with zero attached hydrogens (tertiary/aromatic N) is 3. The summed E-state index contributed by atoms with van der Waals surface area (Å²) in [6.45, 7) is 1.75. The second-order valence-electron chi connectivity index (χ2n) is 9.80. The molecular weight excluding hydrogens is 604 g/mol. The van der Waals surface area contributed by atoms with E-state index in [4.69, 9.17) is 20.8 Å². The van der Waals surface area contributed by atoms with Gasteiger partial charge >= 0.3 is 0 Å². The number of nitro benzene ring substituents is 1. The summed E-state index contributed by atoms with van der Waals surface area (Å²) in [5, 5.41) is 14.5. The van der Waals surface area contributed by atoms with Crippen molar-refractivity contribution in [2.45, 2.75) is 13.0 Å². The summed E-state index contributed by atoms with van der Waals surface area (Å²) in [5.74, 6) is 0.905. The summed E-state index contributed by atoms with van der Waals surface area (Å²) < 4.78 is 13.1. The van der Waals surface area contributed by atoms with E-state index in [0.29, 0.717) is 54.7 Å². The summed E-state index contributed by atoms with van der Waals surface area (Å²) in [6, 6.07) is 22.8. The Balaban J connectivity index is 1.44. The minimum Gasteiger partial charge on any atom is -0.497 e. The van der Waals surface area contributed by atoms with Crippen LogP contribution >= 0.6 is 22.9 Å². The number of rotatable bonds is 7. The highest BCUT2D eigenvalue weighted by molar-refractivity contribution is 7.07. The van der Waals surface area contributed by atoms with Crippen molar-refractivity contribution in [1.29, 1.82) is 0 Å². The quantitative estimate of drug-likeness (QED) is 0.182. The molecule has 220 valence electrons. The summed E-state index contributed by atoms with van der Waals surface area (Å²) in [6.07, 6.45) is 1.58. The van der Waals surface area contributed by atoms with Crippen molar-refractivity contribution in [3.8, 4) is 17.1 Å². The van der Waals surface area contributed by atoms with Crippen LogP contribution in [0.25, 0.3) is 17.4 Å². The van der Waals surface area contributed by atoms with Crippen LogP contribution in [-0.2, 0) is 4.79 Å². The molecule has 0 unspecified atom stereocenters. The topological polar surface area (TPSA) is 129 Å². The molecule has 2 aromatic heterocycles. The Morgan fingerprint density at radius 3 is 2.57 bits per heavy atom. The number of carbonyl (C=O) groups excluding carboxylic acids is 1. The van der Waals surface area contributed by atoms with Crippen LogP contribution in [0, 0.1) is 10.1 Å². The Hall–Kier alpha value is -5.26. The van der Waals surface area contributed by atoms with E-state index in [1.807, 2.05) is 30.3 Å². The minimum absolute atomic E-state index is 0.128. The lowest BCUT2D eigenvalue weighted by Gasteiger charge is -2.25. The number of anilines is 1. The van der Waals surface area contributed by atoms with Crippen LogP contribution in [0.2, 0.25) is 5.02 Å². The number of amides is 1. The van der Waals surface area contributed by atoms with Gasteiger partial charge in [0, 0.05) is 29.5 Å². The van der Waals surface area contributed by atoms with Crippen LogP contribution in [0.1, 0.15) is 24.3 Å². The van der Waals surface area contributed by atoms with E-state index in [0.717, 1.165) is 11.3 Å². The van der Waals surface area contributed by atoms with E-state index < -0.39 is 11.0 Å². The molecule has 3 aromatic carbocycles. The SMILES string of the molecule is COc1ccc([C@@H]2C(C(=O)Nc3ccccc3)=C(C)N=c3s/c(=C/c4ccc(-c5cc([N+](=O)[O-])ccc5Cl)o4)c(=O)n32)cc1. The fourth-order valence-corrected chi connectivity index (χ4v) is 6.19. The first-order valence-electron chi connectivity index (χ1n) is 13.3. The molecule has 5 aromatic rings. The zero-order valence-electron chi connectivity index (χ0n) is 23.3. The van der Waals surface area contributed by atoms with E-state index in [2.05, 4.69) is 10.3 Å². The van der Waals surface area contributed by atoms with Gasteiger partial charge in [0.15, 0.2) is 4.80 Å². The van der Waals surface area contributed by atoms with E-state index >= 15 is 0 Å². The number of hydrogen-bond donors (Lipinski definition) is 1. The number of methoxy groups -OCH3 is 1. The number of fused-ring (bicyclic) bond motifs is 1. The fourth-order valence-electron chi connectivity index (χ4n) is 4.95. The Labute approximate surface area is 259 Å². The van der Waals surface area contributed by atoms with Crippen molar-refractivity contribution in [2.75, 3.05) is 12.4 Å². The smallest absolute Gasteiger partial charge is 0.271 e. The zero-order valence-corrected chi connectivity index (χ0v) is 24.9. The first-order chi connectivity index (χ1) is 21.2. The highest BCUT2D eigenvalue weighted by Crippen LogP contribution is 2.34. The van der Waals surface area contributed by atoms with Gasteiger partial charge < -0.3 is 14.5 Å². The molecule has 6 rings (SSSR count). The largest absolute Gasteiger partial charge is 0.497 e. The Kier molecular flexibility index (Phi) is 7.73. The summed E-state index contributed by atoms with van der Waals surface area (Å²) in [7, 11) is 1.56. The van der Waals surface area contributed by atoms with E-state index in [9.17, 15) is 19.7 Å². The van der Waals surface area contributed by atoms with E-state index in [-0.39, 0.29) is 22.2 Å². The van der Waals surface area contributed by atoms with Crippen LogP contribution in [0.15, 0.2) is 110 Å². The lowest BCUT2D eigenvalue weighted by molar-refractivity contribution is -0.384. The normalized spacial score (nSPS) is 14.6. The summed E-state index contributed by atoms with van der Waals surface area (Å²) in [5.41, 5.74) is 1.99. The molecule has 0 bridgehead atoms. The third kappa shape index (κ3) is 5.46. The predicted molar refractivity (Wildman–Crippen MR) is 168 cm³/mol. The van der Waals surface area contributed by atoms with Gasteiger partial charge in [-0.3, -0.25) is 24.3 Å². The Morgan fingerprint density at radius 2 is 1.86 bits per heavy atom. The molecule has 1 amide bonds. The van der Waals surface area contributed by atoms with Crippen molar-refractivity contribution in [3.63, 3.8) is 0 Å². The molecule has 0 fully saturated rings. The number of benzene rings is 3. The number of aromatic nitrogens is 1. The van der Waals surface area contributed by atoms with Gasteiger partial charge in [0.2, 0.25) is 0 Å². The standard InChI is InChI=1S/C32H23ClN4O6S/c1-18-28(30(38)35-20-6-4-3-5-7-20)29(19-8-11-22(42-2)12-9-19)36-31(39)27(44-32(36)34-18)17-23-13-15-26(43-23)24-16-21(37(40)41)10-14-25(24)33/h3-17,29H,1-2H3,(H,35,38)/b27-17+/t29-/m1/s1. The number of hydrogen-bond acceptors (Lipinski definition) is 8. The molecule has 10 nitrogen and oxygen atoms in total. The van der Waals surface area contributed by atoms with Gasteiger partial charge in [-0.25, -0.2) is 4.99 Å². The van der Waals surface area contributed by atoms with E-state index in [1.165, 1.54) is 22.8 Å². The van der Waals surface area contributed by atoms with Crippen molar-refractivity contribution >= 4 is 46.3 Å². The molecule has 0 spiro atoms. The average Bonchev–Trinajstić information content (AvgIpc) is 3.61. The van der Waals surface area contributed by atoms with Crippen molar-refractivity contribution in [1.82, 2.24) is 4.57 Å². The molecule has 1 aliphatic heterocycles. The number of halogens is 1. The molecule has 12 heteroatoms. The number of carbonyl (C=O) groups is 1. The Morgan fingerprint density at radius 1 is 1.11 bits per heavy atom. The first-order valence-corrected chi connectivity index (χ1v) is 14.5. The second kappa shape index (κ2) is 11.8. The molecule has 44 heavy (non-hydrogen) atoms. The molecule has 1 aliphatic rings. The number of non-ortho nitro benzene ring substituents is 1. The maximum atomic E-state index is 14.0. The predicted octanol–water partition coefficient (Wildman–Crippen LogP) is 5.70.